The highest BCUT2D eigenvalue weighted by Crippen LogP contribution is 2.21. The summed E-state index contributed by atoms with van der Waals surface area (Å²) in [7, 11) is 0. The van der Waals surface area contributed by atoms with Crippen LogP contribution in [-0.4, -0.2) is 4.43 Å². The van der Waals surface area contributed by atoms with Crippen LogP contribution in [0.4, 0.5) is 0 Å². The predicted molar refractivity (Wildman–Crippen MR) is 42.9 cm³/mol. The fourth-order valence-corrected chi connectivity index (χ4v) is 0.913. The Morgan fingerprint density at radius 1 is 1.75 bits per heavy atom. The van der Waals surface area contributed by atoms with E-state index in [0.717, 1.165) is 10.8 Å². The summed E-state index contributed by atoms with van der Waals surface area (Å²) < 4.78 is 0.928. The van der Waals surface area contributed by atoms with Crippen molar-refractivity contribution in [2.75, 3.05) is 4.43 Å². The summed E-state index contributed by atoms with van der Waals surface area (Å²) in [4.78, 5) is 0. The molecule has 0 saturated carbocycles. The lowest BCUT2D eigenvalue weighted by Crippen LogP contribution is -2.12. The molecule has 0 aromatic rings. The van der Waals surface area contributed by atoms with Gasteiger partial charge in [0.2, 0.25) is 0 Å². The molecule has 0 amide bonds. The van der Waals surface area contributed by atoms with Gasteiger partial charge in [-0.25, -0.2) is 0 Å². The lowest BCUT2D eigenvalue weighted by Gasteiger charge is -2.13. The van der Waals surface area contributed by atoms with Gasteiger partial charge in [0, 0.05) is 4.43 Å². The third-order valence-electron chi connectivity index (χ3n) is 1.35. The van der Waals surface area contributed by atoms with E-state index in [4.69, 9.17) is 5.26 Å². The maximum absolute atomic E-state index is 8.53. The normalized spacial score (nSPS) is 16.8. The molecule has 0 bridgehead atoms. The minimum absolute atomic E-state index is 0.0828. The minimum Gasteiger partial charge on any atom is -0.198 e. The Balaban J connectivity index is 3.83. The van der Waals surface area contributed by atoms with Crippen molar-refractivity contribution in [1.82, 2.24) is 0 Å². The number of nitrogens with zero attached hydrogens (tertiary/aromatic N) is 1. The molecule has 0 fully saturated rings. The fourth-order valence-electron chi connectivity index (χ4n) is 0.203. The minimum atomic E-state index is -0.0828. The SMILES string of the molecule is CCC(C)(C#N)CI. The Morgan fingerprint density at radius 3 is 2.25 bits per heavy atom. The van der Waals surface area contributed by atoms with Crippen LogP contribution in [0.25, 0.3) is 0 Å². The van der Waals surface area contributed by atoms with Crippen molar-refractivity contribution < 1.29 is 0 Å². The number of halogens is 1. The smallest absolute Gasteiger partial charge is 0.0694 e. The zero-order chi connectivity index (χ0) is 6.62. The number of hydrogen-bond acceptors (Lipinski definition) is 1. The molecule has 0 N–H and O–H groups in total. The zero-order valence-electron chi connectivity index (χ0n) is 5.24. The molecule has 0 spiro atoms. The van der Waals surface area contributed by atoms with Crippen LogP contribution in [0.15, 0.2) is 0 Å². The van der Waals surface area contributed by atoms with Gasteiger partial charge in [0.05, 0.1) is 11.5 Å². The number of alkyl halides is 1. The number of nitriles is 1. The van der Waals surface area contributed by atoms with Crippen LogP contribution in [0.2, 0.25) is 0 Å². The van der Waals surface area contributed by atoms with E-state index < -0.39 is 0 Å². The third-order valence-corrected chi connectivity index (χ3v) is 3.03. The molecule has 0 aliphatic carbocycles. The largest absolute Gasteiger partial charge is 0.198 e. The molecule has 0 rings (SSSR count). The Morgan fingerprint density at radius 2 is 2.25 bits per heavy atom. The zero-order valence-corrected chi connectivity index (χ0v) is 7.40. The number of rotatable bonds is 2. The van der Waals surface area contributed by atoms with E-state index in [1.165, 1.54) is 0 Å². The van der Waals surface area contributed by atoms with Crippen LogP contribution in [0.1, 0.15) is 20.3 Å². The summed E-state index contributed by atoms with van der Waals surface area (Å²) in [5.74, 6) is 0. The molecule has 1 unspecified atom stereocenters. The maximum atomic E-state index is 8.53. The first kappa shape index (κ1) is 8.22. The summed E-state index contributed by atoms with van der Waals surface area (Å²) >= 11 is 2.24. The average molecular weight is 223 g/mol. The molecule has 0 heterocycles. The van der Waals surface area contributed by atoms with E-state index in [-0.39, 0.29) is 5.41 Å². The number of hydrogen-bond donors (Lipinski definition) is 0. The van der Waals surface area contributed by atoms with E-state index >= 15 is 0 Å². The van der Waals surface area contributed by atoms with Gasteiger partial charge in [0.1, 0.15) is 0 Å². The van der Waals surface area contributed by atoms with Gasteiger partial charge in [0.15, 0.2) is 0 Å². The highest BCUT2D eigenvalue weighted by atomic mass is 127. The molecule has 0 saturated heterocycles. The van der Waals surface area contributed by atoms with E-state index in [0.29, 0.717) is 0 Å². The molecular weight excluding hydrogens is 213 g/mol. The molecule has 1 atom stereocenters. The molecule has 0 aliphatic rings. The van der Waals surface area contributed by atoms with Crippen molar-refractivity contribution in [1.29, 1.82) is 5.26 Å². The molecule has 0 radical (unpaired) electrons. The Bertz CT molecular complexity index is 99.6. The second-order valence-corrected chi connectivity index (χ2v) is 2.92. The highest BCUT2D eigenvalue weighted by molar-refractivity contribution is 14.1. The molecule has 0 aromatic heterocycles. The van der Waals surface area contributed by atoms with Crippen LogP contribution in [-0.2, 0) is 0 Å². The van der Waals surface area contributed by atoms with Gasteiger partial charge in [-0.15, -0.1) is 0 Å². The van der Waals surface area contributed by atoms with Gasteiger partial charge in [-0.2, -0.15) is 5.26 Å². The topological polar surface area (TPSA) is 23.8 Å². The van der Waals surface area contributed by atoms with Crippen LogP contribution in [0.5, 0.6) is 0 Å². The van der Waals surface area contributed by atoms with E-state index in [9.17, 15) is 0 Å². The van der Waals surface area contributed by atoms with Crippen molar-refractivity contribution in [3.63, 3.8) is 0 Å². The van der Waals surface area contributed by atoms with Crippen molar-refractivity contribution in [2.45, 2.75) is 20.3 Å². The molecule has 8 heavy (non-hydrogen) atoms. The molecule has 1 nitrogen and oxygen atoms in total. The van der Waals surface area contributed by atoms with Crippen molar-refractivity contribution in [3.8, 4) is 6.07 Å². The quantitative estimate of drug-likeness (QED) is 0.520. The summed E-state index contributed by atoms with van der Waals surface area (Å²) in [5.41, 5.74) is -0.0828. The summed E-state index contributed by atoms with van der Waals surface area (Å²) in [6.45, 7) is 4.03. The first-order chi connectivity index (χ1) is 3.68. The summed E-state index contributed by atoms with van der Waals surface area (Å²) in [6, 6.07) is 2.27. The average Bonchev–Trinajstić information content (AvgIpc) is 1.87. The van der Waals surface area contributed by atoms with E-state index in [1.807, 2.05) is 13.8 Å². The van der Waals surface area contributed by atoms with Crippen LogP contribution >= 0.6 is 22.6 Å². The highest BCUT2D eigenvalue weighted by Gasteiger charge is 2.18. The fraction of sp³-hybridized carbons (Fsp3) is 0.833. The molecule has 46 valence electrons. The van der Waals surface area contributed by atoms with Crippen molar-refractivity contribution in [3.05, 3.63) is 0 Å². The van der Waals surface area contributed by atoms with Crippen molar-refractivity contribution in [2.24, 2.45) is 5.41 Å². The van der Waals surface area contributed by atoms with Gasteiger partial charge in [-0.3, -0.25) is 0 Å². The summed E-state index contributed by atoms with van der Waals surface area (Å²) in [5, 5.41) is 8.53. The second kappa shape index (κ2) is 3.29. The summed E-state index contributed by atoms with van der Waals surface area (Å²) in [6.07, 6.45) is 0.951. The van der Waals surface area contributed by atoms with Gasteiger partial charge in [-0.1, -0.05) is 29.5 Å². The first-order valence-corrected chi connectivity index (χ1v) is 4.18. The first-order valence-electron chi connectivity index (χ1n) is 2.66. The lowest BCUT2D eigenvalue weighted by molar-refractivity contribution is 0.496. The lowest BCUT2D eigenvalue weighted by atomic mass is 9.93. The van der Waals surface area contributed by atoms with E-state index in [1.54, 1.807) is 0 Å². The third kappa shape index (κ3) is 1.99. The predicted octanol–water partition coefficient (Wildman–Crippen LogP) is 2.36. The molecular formula is C6H10IN. The van der Waals surface area contributed by atoms with Gasteiger partial charge >= 0.3 is 0 Å². The Labute approximate surface area is 64.2 Å². The maximum Gasteiger partial charge on any atom is 0.0694 e. The van der Waals surface area contributed by atoms with Crippen LogP contribution in [0.3, 0.4) is 0 Å². The van der Waals surface area contributed by atoms with Gasteiger partial charge < -0.3 is 0 Å². The van der Waals surface area contributed by atoms with Crippen molar-refractivity contribution >= 4 is 22.6 Å². The molecule has 0 aromatic carbocycles. The molecule has 2 heteroatoms. The Kier molecular flexibility index (Phi) is 3.38. The second-order valence-electron chi connectivity index (χ2n) is 2.16. The Hall–Kier alpha value is 0.220. The molecule has 0 aliphatic heterocycles. The standard InChI is InChI=1S/C6H10IN/c1-3-6(2,4-7)5-8/h3-4H2,1-2H3. The monoisotopic (exact) mass is 223 g/mol. The van der Waals surface area contributed by atoms with Gasteiger partial charge in [-0.05, 0) is 13.3 Å². The van der Waals surface area contributed by atoms with Gasteiger partial charge in [0.25, 0.3) is 0 Å². The van der Waals surface area contributed by atoms with Crippen LogP contribution in [0, 0.1) is 16.7 Å². The van der Waals surface area contributed by atoms with Crippen LogP contribution < -0.4 is 0 Å². The van der Waals surface area contributed by atoms with E-state index in [2.05, 4.69) is 28.7 Å².